The summed E-state index contributed by atoms with van der Waals surface area (Å²) < 4.78 is 0. The Morgan fingerprint density at radius 3 is 2.21 bits per heavy atom. The number of allylic oxidation sites excluding steroid dienone is 4. The van der Waals surface area contributed by atoms with Gasteiger partial charge >= 0.3 is 0 Å². The Hall–Kier alpha value is -1.30. The van der Waals surface area contributed by atoms with E-state index in [1.54, 1.807) is 6.08 Å². The average molecular weight is 184 g/mol. The zero-order valence-electron chi connectivity index (χ0n) is 8.61. The first kappa shape index (κ1) is 10.8. The summed E-state index contributed by atoms with van der Waals surface area (Å²) in [6.07, 6.45) is 9.07. The third-order valence-electron chi connectivity index (χ3n) is 1.89. The van der Waals surface area contributed by atoms with Crippen molar-refractivity contribution in [1.82, 2.24) is 0 Å². The van der Waals surface area contributed by atoms with Crippen molar-refractivity contribution in [3.63, 3.8) is 0 Å². The average Bonchev–Trinajstić information content (AvgIpc) is 3.04. The van der Waals surface area contributed by atoms with Crippen LogP contribution in [0.2, 0.25) is 0 Å². The maximum atomic E-state index is 3.42. The Labute approximate surface area is 87.0 Å². The van der Waals surface area contributed by atoms with Crippen molar-refractivity contribution >= 4 is 0 Å². The number of benzene rings is 1. The summed E-state index contributed by atoms with van der Waals surface area (Å²) in [5.41, 5.74) is 2.87. The molecule has 0 heterocycles. The van der Waals surface area contributed by atoms with Crippen LogP contribution < -0.4 is 0 Å². The normalized spacial score (nSPS) is 13.1. The minimum atomic E-state index is 1.11. The Balaban J connectivity index is 0.000000213. The molecule has 0 bridgehead atoms. The molecule has 0 fully saturated rings. The van der Waals surface area contributed by atoms with Gasteiger partial charge in [-0.25, -0.2) is 0 Å². The van der Waals surface area contributed by atoms with E-state index in [1.807, 2.05) is 13.0 Å². The number of rotatable bonds is 2. The highest BCUT2D eigenvalue weighted by atomic mass is 14.1. The third-order valence-corrected chi connectivity index (χ3v) is 1.89. The monoisotopic (exact) mass is 184 g/mol. The Morgan fingerprint density at radius 2 is 1.79 bits per heavy atom. The summed E-state index contributed by atoms with van der Waals surface area (Å²) in [5, 5.41) is 0. The lowest BCUT2D eigenvalue weighted by atomic mass is 10.1. The van der Waals surface area contributed by atoms with Gasteiger partial charge in [-0.3, -0.25) is 0 Å². The summed E-state index contributed by atoms with van der Waals surface area (Å²) in [7, 11) is 0. The van der Waals surface area contributed by atoms with Crippen LogP contribution in [0.5, 0.6) is 0 Å². The van der Waals surface area contributed by atoms with Gasteiger partial charge in [-0.1, -0.05) is 54.1 Å². The predicted octanol–water partition coefficient (Wildman–Crippen LogP) is 3.77. The van der Waals surface area contributed by atoms with Gasteiger partial charge in [0.05, 0.1) is 0 Å². The summed E-state index contributed by atoms with van der Waals surface area (Å²) in [6, 6.07) is 10.5. The molecule has 2 rings (SSSR count). The van der Waals surface area contributed by atoms with Crippen LogP contribution in [0.4, 0.5) is 0 Å². The zero-order chi connectivity index (χ0) is 10.2. The summed E-state index contributed by atoms with van der Waals surface area (Å²) in [5.74, 6) is 0. The predicted molar refractivity (Wildman–Crippen MR) is 62.7 cm³/mol. The van der Waals surface area contributed by atoms with Crippen molar-refractivity contribution in [1.29, 1.82) is 0 Å². The molecule has 2 radical (unpaired) electrons. The van der Waals surface area contributed by atoms with Crippen LogP contribution in [0, 0.1) is 13.3 Å². The van der Waals surface area contributed by atoms with Crippen molar-refractivity contribution in [2.45, 2.75) is 13.3 Å². The first-order valence-electron chi connectivity index (χ1n) is 4.85. The topological polar surface area (TPSA) is 0 Å². The standard InChI is InChI=1S/C10H9.C4H7/c1-2-4-9(5-3-1)8-10-6-7-10;1-3-4-2/h1-7H,8H2;3-4H,1H2,2H3. The van der Waals surface area contributed by atoms with E-state index in [0.29, 0.717) is 0 Å². The molecule has 0 N–H and O–H groups in total. The van der Waals surface area contributed by atoms with E-state index in [1.165, 1.54) is 11.1 Å². The zero-order valence-corrected chi connectivity index (χ0v) is 8.61. The van der Waals surface area contributed by atoms with Gasteiger partial charge in [0.2, 0.25) is 0 Å². The fourth-order valence-electron chi connectivity index (χ4n) is 1.01. The van der Waals surface area contributed by atoms with E-state index in [0.717, 1.165) is 6.42 Å². The molecule has 0 spiro atoms. The molecule has 0 saturated heterocycles. The lowest BCUT2D eigenvalue weighted by Gasteiger charge is -1.93. The first-order chi connectivity index (χ1) is 6.86. The van der Waals surface area contributed by atoms with E-state index < -0.39 is 0 Å². The van der Waals surface area contributed by atoms with Gasteiger partial charge in [-0.2, -0.15) is 0 Å². The molecular weight excluding hydrogens is 168 g/mol. The van der Waals surface area contributed by atoms with Crippen LogP contribution in [0.15, 0.2) is 54.1 Å². The second-order valence-electron chi connectivity index (χ2n) is 3.14. The van der Waals surface area contributed by atoms with Crippen LogP contribution in [0.3, 0.4) is 0 Å². The van der Waals surface area contributed by atoms with Gasteiger partial charge in [0.15, 0.2) is 0 Å². The quantitative estimate of drug-likeness (QED) is 0.656. The minimum absolute atomic E-state index is 1.11. The fourth-order valence-corrected chi connectivity index (χ4v) is 1.01. The van der Waals surface area contributed by atoms with Crippen LogP contribution in [-0.2, 0) is 6.42 Å². The fraction of sp³-hybridized carbons (Fsp3) is 0.143. The molecule has 0 heteroatoms. The summed E-state index contributed by atoms with van der Waals surface area (Å²) >= 11 is 0. The maximum Gasteiger partial charge on any atom is 0.00838 e. The van der Waals surface area contributed by atoms with Crippen molar-refractivity contribution in [2.24, 2.45) is 0 Å². The Bertz CT molecular complexity index is 300. The molecule has 1 aromatic carbocycles. The summed E-state index contributed by atoms with van der Waals surface area (Å²) in [6.45, 7) is 5.36. The van der Waals surface area contributed by atoms with Crippen LogP contribution in [0.1, 0.15) is 12.5 Å². The van der Waals surface area contributed by atoms with Gasteiger partial charge in [-0.05, 0) is 25.8 Å². The molecule has 0 aromatic heterocycles. The van der Waals surface area contributed by atoms with Gasteiger partial charge in [-0.15, -0.1) is 0 Å². The molecule has 14 heavy (non-hydrogen) atoms. The Morgan fingerprint density at radius 1 is 1.21 bits per heavy atom. The molecule has 0 unspecified atom stereocenters. The second kappa shape index (κ2) is 6.20. The highest BCUT2D eigenvalue weighted by Crippen LogP contribution is 2.21. The molecule has 0 aliphatic heterocycles. The van der Waals surface area contributed by atoms with E-state index in [4.69, 9.17) is 0 Å². The van der Waals surface area contributed by atoms with E-state index in [-0.39, 0.29) is 0 Å². The molecule has 1 aliphatic carbocycles. The highest BCUT2D eigenvalue weighted by molar-refractivity contribution is 5.42. The van der Waals surface area contributed by atoms with E-state index >= 15 is 0 Å². The van der Waals surface area contributed by atoms with Crippen LogP contribution in [-0.4, -0.2) is 0 Å². The van der Waals surface area contributed by atoms with E-state index in [2.05, 4.69) is 49.8 Å². The van der Waals surface area contributed by atoms with Crippen molar-refractivity contribution in [3.8, 4) is 0 Å². The van der Waals surface area contributed by atoms with Gasteiger partial charge in [0, 0.05) is 6.42 Å². The molecule has 72 valence electrons. The SMILES string of the molecule is [CH2]C=CC.[CH]1C=C1Cc1ccccc1. The first-order valence-corrected chi connectivity index (χ1v) is 4.85. The smallest absolute Gasteiger partial charge is 0.00838 e. The molecular formula is C14H16. The Kier molecular flexibility index (Phi) is 4.77. The lowest BCUT2D eigenvalue weighted by molar-refractivity contribution is 1.24. The van der Waals surface area contributed by atoms with Crippen molar-refractivity contribution < 1.29 is 0 Å². The van der Waals surface area contributed by atoms with Gasteiger partial charge in [0.25, 0.3) is 0 Å². The highest BCUT2D eigenvalue weighted by Gasteiger charge is 2.06. The number of hydrogen-bond donors (Lipinski definition) is 0. The molecule has 0 saturated carbocycles. The maximum absolute atomic E-state index is 3.42. The van der Waals surface area contributed by atoms with Gasteiger partial charge < -0.3 is 0 Å². The molecule has 1 aliphatic rings. The summed E-state index contributed by atoms with van der Waals surface area (Å²) in [4.78, 5) is 0. The van der Waals surface area contributed by atoms with Gasteiger partial charge in [0.1, 0.15) is 0 Å². The largest absolute Gasteiger partial charge is 0.0917 e. The molecule has 0 atom stereocenters. The minimum Gasteiger partial charge on any atom is -0.0917 e. The number of hydrogen-bond acceptors (Lipinski definition) is 0. The van der Waals surface area contributed by atoms with E-state index in [9.17, 15) is 0 Å². The second-order valence-corrected chi connectivity index (χ2v) is 3.14. The van der Waals surface area contributed by atoms with Crippen molar-refractivity contribution in [2.75, 3.05) is 0 Å². The molecule has 0 nitrogen and oxygen atoms in total. The van der Waals surface area contributed by atoms with Crippen LogP contribution in [0.25, 0.3) is 0 Å². The van der Waals surface area contributed by atoms with Crippen LogP contribution >= 0.6 is 0 Å². The molecule has 0 amide bonds. The van der Waals surface area contributed by atoms with Crippen molar-refractivity contribution in [3.05, 3.63) is 73.0 Å². The third kappa shape index (κ3) is 4.66. The lowest BCUT2D eigenvalue weighted by Crippen LogP contribution is -1.79. The molecule has 1 aromatic rings.